The van der Waals surface area contributed by atoms with Crippen LogP contribution < -0.4 is 0 Å². The van der Waals surface area contributed by atoms with Crippen molar-refractivity contribution in [3.63, 3.8) is 0 Å². The third kappa shape index (κ3) is 2.31. The summed E-state index contributed by atoms with van der Waals surface area (Å²) in [4.78, 5) is 13.3. The van der Waals surface area contributed by atoms with Crippen molar-refractivity contribution >= 4 is 17.5 Å². The molecule has 0 bridgehead atoms. The molecule has 82 valence electrons. The summed E-state index contributed by atoms with van der Waals surface area (Å²) < 4.78 is 0. The summed E-state index contributed by atoms with van der Waals surface area (Å²) in [6, 6.07) is 8.22. The fraction of sp³-hybridized carbons (Fsp3) is 0.357. The van der Waals surface area contributed by atoms with Gasteiger partial charge in [-0.15, -0.1) is 17.7 Å². The molecule has 1 aliphatic heterocycles. The molecule has 0 aromatic heterocycles. The molecule has 0 aliphatic carbocycles. The van der Waals surface area contributed by atoms with E-state index in [-0.39, 0.29) is 11.7 Å². The van der Waals surface area contributed by atoms with Crippen molar-refractivity contribution in [1.82, 2.24) is 0 Å². The second kappa shape index (κ2) is 5.23. The first kappa shape index (κ1) is 11.3. The molecule has 0 spiro atoms. The number of carbonyl (C=O) groups is 1. The lowest BCUT2D eigenvalue weighted by atomic mass is 9.90. The molecule has 2 rings (SSSR count). The van der Waals surface area contributed by atoms with Crippen LogP contribution >= 0.6 is 11.8 Å². The Hall–Kier alpha value is -1.20. The standard InChI is InChI=1S/C14H14OS/c1-2-3-7-13(15)11-9-10-16-14-8-5-4-6-12(11)14/h4-6,8,11H,7,9-10H2,1H3. The van der Waals surface area contributed by atoms with Gasteiger partial charge in [-0.25, -0.2) is 0 Å². The molecule has 1 nitrogen and oxygen atoms in total. The number of benzene rings is 1. The fourth-order valence-corrected chi connectivity index (χ4v) is 3.10. The summed E-state index contributed by atoms with van der Waals surface area (Å²) in [5.74, 6) is 7.02. The summed E-state index contributed by atoms with van der Waals surface area (Å²) in [7, 11) is 0. The topological polar surface area (TPSA) is 17.1 Å². The van der Waals surface area contributed by atoms with Crippen LogP contribution in [0.5, 0.6) is 0 Å². The average Bonchev–Trinajstić information content (AvgIpc) is 2.35. The van der Waals surface area contributed by atoms with Crippen molar-refractivity contribution in [2.45, 2.75) is 30.6 Å². The first-order chi connectivity index (χ1) is 7.83. The van der Waals surface area contributed by atoms with E-state index >= 15 is 0 Å². The van der Waals surface area contributed by atoms with Gasteiger partial charge in [0.25, 0.3) is 0 Å². The van der Waals surface area contributed by atoms with Gasteiger partial charge in [0.15, 0.2) is 5.78 Å². The molecule has 0 saturated heterocycles. The second-order valence-electron chi connectivity index (χ2n) is 3.80. The van der Waals surface area contributed by atoms with E-state index in [1.165, 1.54) is 10.5 Å². The van der Waals surface area contributed by atoms with Gasteiger partial charge in [0.05, 0.1) is 6.42 Å². The largest absolute Gasteiger partial charge is 0.298 e. The van der Waals surface area contributed by atoms with Gasteiger partial charge < -0.3 is 0 Å². The summed E-state index contributed by atoms with van der Waals surface area (Å²) in [5.41, 5.74) is 1.20. The smallest absolute Gasteiger partial charge is 0.152 e. The molecule has 1 atom stereocenters. The molecule has 0 N–H and O–H groups in total. The number of thioether (sulfide) groups is 1. The summed E-state index contributed by atoms with van der Waals surface area (Å²) in [5, 5.41) is 0. The maximum atomic E-state index is 12.0. The minimum Gasteiger partial charge on any atom is -0.298 e. The minimum absolute atomic E-state index is 0.0679. The van der Waals surface area contributed by atoms with Crippen LogP contribution in [0.25, 0.3) is 0 Å². The zero-order valence-electron chi connectivity index (χ0n) is 9.32. The SMILES string of the molecule is CC#CCC(=O)C1CCSc2ccccc21. The Labute approximate surface area is 101 Å². The maximum Gasteiger partial charge on any atom is 0.152 e. The van der Waals surface area contributed by atoms with Gasteiger partial charge in [-0.2, -0.15) is 0 Å². The van der Waals surface area contributed by atoms with E-state index in [1.54, 1.807) is 6.92 Å². The predicted molar refractivity (Wildman–Crippen MR) is 67.6 cm³/mol. The lowest BCUT2D eigenvalue weighted by molar-refractivity contribution is -0.119. The van der Waals surface area contributed by atoms with Gasteiger partial charge in [0.1, 0.15) is 0 Å². The number of rotatable bonds is 2. The number of ketones is 1. The van der Waals surface area contributed by atoms with Crippen molar-refractivity contribution in [3.05, 3.63) is 29.8 Å². The first-order valence-electron chi connectivity index (χ1n) is 5.47. The van der Waals surface area contributed by atoms with E-state index in [2.05, 4.69) is 24.0 Å². The Balaban J connectivity index is 2.23. The van der Waals surface area contributed by atoms with Crippen LogP contribution in [0, 0.1) is 11.8 Å². The monoisotopic (exact) mass is 230 g/mol. The third-order valence-electron chi connectivity index (χ3n) is 2.79. The third-order valence-corrected chi connectivity index (χ3v) is 3.91. The number of fused-ring (bicyclic) bond motifs is 1. The molecule has 2 heteroatoms. The van der Waals surface area contributed by atoms with Crippen LogP contribution in [0.2, 0.25) is 0 Å². The Morgan fingerprint density at radius 3 is 3.12 bits per heavy atom. The highest BCUT2D eigenvalue weighted by molar-refractivity contribution is 7.99. The van der Waals surface area contributed by atoms with E-state index in [0.29, 0.717) is 6.42 Å². The molecule has 0 fully saturated rings. The molecule has 1 aromatic rings. The van der Waals surface area contributed by atoms with Crippen LogP contribution in [0.1, 0.15) is 31.2 Å². The molecular weight excluding hydrogens is 216 g/mol. The number of Topliss-reactive ketones (excluding diaryl/α,β-unsaturated/α-hetero) is 1. The van der Waals surface area contributed by atoms with Gasteiger partial charge in [0, 0.05) is 10.8 Å². The van der Waals surface area contributed by atoms with Crippen LogP contribution in [0.3, 0.4) is 0 Å². The molecule has 16 heavy (non-hydrogen) atoms. The summed E-state index contributed by atoms with van der Waals surface area (Å²) >= 11 is 1.85. The van der Waals surface area contributed by atoms with Gasteiger partial charge >= 0.3 is 0 Å². The normalized spacial score (nSPS) is 18.2. The van der Waals surface area contributed by atoms with Crippen molar-refractivity contribution in [2.24, 2.45) is 0 Å². The highest BCUT2D eigenvalue weighted by Crippen LogP contribution is 2.38. The molecule has 0 amide bonds. The first-order valence-corrected chi connectivity index (χ1v) is 6.45. The average molecular weight is 230 g/mol. The minimum atomic E-state index is 0.0679. The Morgan fingerprint density at radius 2 is 2.31 bits per heavy atom. The predicted octanol–water partition coefficient (Wildman–Crippen LogP) is 3.25. The second-order valence-corrected chi connectivity index (χ2v) is 4.93. The zero-order chi connectivity index (χ0) is 11.4. The van der Waals surface area contributed by atoms with Gasteiger partial charge in [-0.05, 0) is 30.7 Å². The number of carbonyl (C=O) groups excluding carboxylic acids is 1. The quantitative estimate of drug-likeness (QED) is 0.725. The van der Waals surface area contributed by atoms with Gasteiger partial charge in [-0.1, -0.05) is 24.1 Å². The maximum absolute atomic E-state index is 12.0. The lowest BCUT2D eigenvalue weighted by Gasteiger charge is -2.23. The van der Waals surface area contributed by atoms with Gasteiger partial charge in [0.2, 0.25) is 0 Å². The van der Waals surface area contributed by atoms with Crippen molar-refractivity contribution in [1.29, 1.82) is 0 Å². The van der Waals surface area contributed by atoms with Gasteiger partial charge in [-0.3, -0.25) is 4.79 Å². The number of hydrogen-bond donors (Lipinski definition) is 0. The zero-order valence-corrected chi connectivity index (χ0v) is 10.1. The summed E-state index contributed by atoms with van der Waals surface area (Å²) in [6.07, 6.45) is 1.34. The van der Waals surface area contributed by atoms with Crippen molar-refractivity contribution in [2.75, 3.05) is 5.75 Å². The van der Waals surface area contributed by atoms with Crippen LogP contribution in [-0.4, -0.2) is 11.5 Å². The van der Waals surface area contributed by atoms with E-state index < -0.39 is 0 Å². The molecular formula is C14H14OS. The fourth-order valence-electron chi connectivity index (χ4n) is 1.98. The van der Waals surface area contributed by atoms with Crippen molar-refractivity contribution in [3.8, 4) is 11.8 Å². The molecule has 1 heterocycles. The molecule has 0 saturated carbocycles. The van der Waals surface area contributed by atoms with Crippen LogP contribution in [0.4, 0.5) is 0 Å². The van der Waals surface area contributed by atoms with Crippen molar-refractivity contribution < 1.29 is 4.79 Å². The summed E-state index contributed by atoms with van der Waals surface area (Å²) in [6.45, 7) is 1.78. The Morgan fingerprint density at radius 1 is 1.50 bits per heavy atom. The van der Waals surface area contributed by atoms with Crippen LogP contribution in [0.15, 0.2) is 29.2 Å². The molecule has 1 aromatic carbocycles. The molecule has 1 unspecified atom stereocenters. The molecule has 1 aliphatic rings. The highest BCUT2D eigenvalue weighted by Gasteiger charge is 2.25. The van der Waals surface area contributed by atoms with Crippen LogP contribution in [-0.2, 0) is 4.79 Å². The molecule has 0 radical (unpaired) electrons. The van der Waals surface area contributed by atoms with E-state index in [1.807, 2.05) is 23.9 Å². The Kier molecular flexibility index (Phi) is 3.69. The van der Waals surface area contributed by atoms with E-state index in [0.717, 1.165) is 12.2 Å². The number of hydrogen-bond acceptors (Lipinski definition) is 2. The highest BCUT2D eigenvalue weighted by atomic mass is 32.2. The Bertz CT molecular complexity index is 453. The van der Waals surface area contributed by atoms with E-state index in [9.17, 15) is 4.79 Å². The van der Waals surface area contributed by atoms with E-state index in [4.69, 9.17) is 0 Å². The lowest BCUT2D eigenvalue weighted by Crippen LogP contribution is -2.16.